The molecular weight excluding hydrogens is 501 g/mol. The van der Waals surface area contributed by atoms with Crippen LogP contribution in [0.15, 0.2) is 57.4 Å². The van der Waals surface area contributed by atoms with E-state index in [0.717, 1.165) is 60.2 Å². The molecule has 2 fully saturated rings. The van der Waals surface area contributed by atoms with E-state index in [0.29, 0.717) is 24.6 Å². The first-order valence-electron chi connectivity index (χ1n) is 13.3. The van der Waals surface area contributed by atoms with Gasteiger partial charge in [-0.25, -0.2) is 9.38 Å². The monoisotopic (exact) mass is 533 g/mol. The van der Waals surface area contributed by atoms with Crippen LogP contribution in [0, 0.1) is 5.82 Å². The average Bonchev–Trinajstić information content (AvgIpc) is 3.26. The van der Waals surface area contributed by atoms with E-state index in [9.17, 15) is 4.39 Å². The molecule has 0 bridgehead atoms. The average molecular weight is 534 g/mol. The number of hydrogen-bond donors (Lipinski definition) is 0. The van der Waals surface area contributed by atoms with E-state index in [-0.39, 0.29) is 11.9 Å². The summed E-state index contributed by atoms with van der Waals surface area (Å²) in [7, 11) is 0. The van der Waals surface area contributed by atoms with Gasteiger partial charge in [0, 0.05) is 12.2 Å². The smallest absolute Gasteiger partial charge is 0.154 e. The summed E-state index contributed by atoms with van der Waals surface area (Å²) in [5.74, 6) is 1.61. The molecule has 2 saturated heterocycles. The molecule has 198 valence electrons. The van der Waals surface area contributed by atoms with Gasteiger partial charge in [0.25, 0.3) is 0 Å². The minimum atomic E-state index is -0.406. The first kappa shape index (κ1) is 25.1. The summed E-state index contributed by atoms with van der Waals surface area (Å²) in [6.45, 7) is 10.7. The summed E-state index contributed by atoms with van der Waals surface area (Å²) < 4.78 is 24.0. The molecular formula is C28H32FN7OS. The Labute approximate surface area is 226 Å². The number of ether oxygens (including phenoxy) is 1. The highest BCUT2D eigenvalue weighted by Gasteiger charge is 2.53. The van der Waals surface area contributed by atoms with Crippen LogP contribution in [0.5, 0.6) is 0 Å². The van der Waals surface area contributed by atoms with Crippen LogP contribution < -0.4 is 0 Å². The lowest BCUT2D eigenvalue weighted by Gasteiger charge is -2.55. The quantitative estimate of drug-likeness (QED) is 0.521. The number of morpholine rings is 1. The number of aromatic nitrogens is 3. The van der Waals surface area contributed by atoms with Gasteiger partial charge in [0.2, 0.25) is 0 Å². The molecule has 2 aromatic heterocycles. The zero-order valence-corrected chi connectivity index (χ0v) is 23.1. The van der Waals surface area contributed by atoms with Crippen LogP contribution in [0.1, 0.15) is 58.3 Å². The van der Waals surface area contributed by atoms with Crippen molar-refractivity contribution in [2.45, 2.75) is 65.0 Å². The zero-order chi connectivity index (χ0) is 26.4. The molecule has 0 radical (unpaired) electrons. The Kier molecular flexibility index (Phi) is 6.47. The molecule has 2 aromatic rings. The molecule has 0 saturated carbocycles. The van der Waals surface area contributed by atoms with Gasteiger partial charge >= 0.3 is 0 Å². The van der Waals surface area contributed by atoms with Gasteiger partial charge in [0.05, 0.1) is 42.5 Å². The van der Waals surface area contributed by atoms with Gasteiger partial charge in [0.1, 0.15) is 27.8 Å². The summed E-state index contributed by atoms with van der Waals surface area (Å²) in [6, 6.07) is 3.24. The summed E-state index contributed by atoms with van der Waals surface area (Å²) in [5.41, 5.74) is 5.13. The second-order valence-electron chi connectivity index (χ2n) is 10.2. The summed E-state index contributed by atoms with van der Waals surface area (Å²) >= 11 is 1.31. The zero-order valence-electron chi connectivity index (χ0n) is 22.2. The largest absolute Gasteiger partial charge is 0.377 e. The number of hydrogen-bond acceptors (Lipinski definition) is 9. The van der Waals surface area contributed by atoms with Crippen LogP contribution in [0.2, 0.25) is 0 Å². The van der Waals surface area contributed by atoms with Gasteiger partial charge in [-0.1, -0.05) is 30.5 Å². The van der Waals surface area contributed by atoms with Gasteiger partial charge in [-0.2, -0.15) is 0 Å². The molecule has 10 heteroatoms. The molecule has 0 spiro atoms. The van der Waals surface area contributed by atoms with Gasteiger partial charge in [-0.15, -0.1) is 5.10 Å². The van der Waals surface area contributed by atoms with E-state index in [2.05, 4.69) is 64.2 Å². The Hall–Kier alpha value is -3.24. The number of fused-ring (bicyclic) bond motifs is 6. The third kappa shape index (κ3) is 3.92. The van der Waals surface area contributed by atoms with Gasteiger partial charge in [0.15, 0.2) is 5.84 Å². The molecule has 0 amide bonds. The fourth-order valence-electron chi connectivity index (χ4n) is 5.78. The predicted molar refractivity (Wildman–Crippen MR) is 148 cm³/mol. The maximum atomic E-state index is 13.6. The van der Waals surface area contributed by atoms with Gasteiger partial charge in [-0.05, 0) is 68.8 Å². The van der Waals surface area contributed by atoms with E-state index in [1.807, 2.05) is 0 Å². The second kappa shape index (κ2) is 9.81. The van der Waals surface area contributed by atoms with Crippen molar-refractivity contribution in [1.29, 1.82) is 0 Å². The normalized spacial score (nSPS) is 25.3. The molecule has 8 nitrogen and oxygen atoms in total. The molecule has 0 aliphatic carbocycles. The molecule has 2 unspecified atom stereocenters. The molecule has 38 heavy (non-hydrogen) atoms. The van der Waals surface area contributed by atoms with E-state index in [1.54, 1.807) is 6.07 Å². The van der Waals surface area contributed by atoms with E-state index in [4.69, 9.17) is 14.7 Å². The van der Waals surface area contributed by atoms with E-state index in [1.165, 1.54) is 35.1 Å². The van der Waals surface area contributed by atoms with Crippen LogP contribution in [0.3, 0.4) is 0 Å². The number of amidine groups is 2. The molecule has 6 rings (SSSR count). The lowest BCUT2D eigenvalue weighted by atomic mass is 9.86. The molecule has 4 aliphatic rings. The minimum absolute atomic E-state index is 0.191. The van der Waals surface area contributed by atoms with Crippen molar-refractivity contribution in [1.82, 2.24) is 24.4 Å². The third-order valence-corrected chi connectivity index (χ3v) is 8.63. The highest BCUT2D eigenvalue weighted by Crippen LogP contribution is 2.43. The number of aliphatic imine (C=N–C) groups is 2. The fraction of sp³-hybridized carbons (Fsp3) is 0.464. The third-order valence-electron chi connectivity index (χ3n) is 7.90. The van der Waals surface area contributed by atoms with E-state index < -0.39 is 5.54 Å². The van der Waals surface area contributed by atoms with Crippen LogP contribution in [0.25, 0.3) is 17.1 Å². The Balaban J connectivity index is 1.56. The maximum Gasteiger partial charge on any atom is 0.154 e. The fourth-order valence-corrected chi connectivity index (χ4v) is 6.49. The molecule has 6 heterocycles. The molecule has 0 aromatic carbocycles. The summed E-state index contributed by atoms with van der Waals surface area (Å²) in [5, 5.41) is 4.40. The Morgan fingerprint density at radius 1 is 1.24 bits per heavy atom. The Bertz CT molecular complexity index is 1410. The lowest BCUT2D eigenvalue weighted by molar-refractivity contribution is -0.00942. The van der Waals surface area contributed by atoms with Crippen molar-refractivity contribution >= 4 is 28.9 Å². The topological polar surface area (TPSA) is 79.1 Å². The number of rotatable bonds is 4. The van der Waals surface area contributed by atoms with Crippen LogP contribution in [-0.4, -0.2) is 67.4 Å². The van der Waals surface area contributed by atoms with Crippen LogP contribution in [0.4, 0.5) is 4.39 Å². The Morgan fingerprint density at radius 2 is 2.11 bits per heavy atom. The number of halogens is 1. The number of nitrogens with zero attached hydrogens (tertiary/aromatic N) is 7. The number of allylic oxidation sites excluding steroid dienone is 3. The SMILES string of the molecule is CCC1=C(c2snnc2-c2ccc(F)cn2)N=C2C(=CC1)N1C(C)=CCC(C)N=C1C1(CC)COCCN21. The number of piperazine rings is 1. The van der Waals surface area contributed by atoms with Crippen LogP contribution in [-0.2, 0) is 4.74 Å². The minimum Gasteiger partial charge on any atom is -0.377 e. The number of pyridine rings is 1. The van der Waals surface area contributed by atoms with Crippen molar-refractivity contribution in [3.05, 3.63) is 58.1 Å². The second-order valence-corrected chi connectivity index (χ2v) is 10.9. The maximum absolute atomic E-state index is 13.6. The van der Waals surface area contributed by atoms with Crippen molar-refractivity contribution in [3.63, 3.8) is 0 Å². The van der Waals surface area contributed by atoms with Crippen molar-refractivity contribution < 1.29 is 9.13 Å². The lowest BCUT2D eigenvalue weighted by Crippen LogP contribution is -2.71. The van der Waals surface area contributed by atoms with Crippen molar-refractivity contribution in [2.75, 3.05) is 19.8 Å². The first-order chi connectivity index (χ1) is 18.5. The van der Waals surface area contributed by atoms with Crippen molar-refractivity contribution in [3.8, 4) is 11.4 Å². The Morgan fingerprint density at radius 3 is 2.87 bits per heavy atom. The van der Waals surface area contributed by atoms with Crippen molar-refractivity contribution in [2.24, 2.45) is 9.98 Å². The highest BCUT2D eigenvalue weighted by molar-refractivity contribution is 7.07. The van der Waals surface area contributed by atoms with Gasteiger partial charge < -0.3 is 9.64 Å². The summed E-state index contributed by atoms with van der Waals surface area (Å²) in [4.78, 5) is 20.6. The molecule has 0 N–H and O–H groups in total. The predicted octanol–water partition coefficient (Wildman–Crippen LogP) is 5.44. The molecule has 4 aliphatic heterocycles. The standard InChI is InChI=1S/C28H32FN7OS/c1-5-19-9-12-22-26(32-23(19)25-24(33-34-38-25)21-11-10-20(29)15-30-21)35-13-14-37-16-28(35,6-2)27-31-17(3)7-8-18(4)36(22)27/h8,10-12,15,17H,5-7,9,13-14,16H2,1-4H3. The van der Waals surface area contributed by atoms with Gasteiger partial charge in [-0.3, -0.25) is 14.9 Å². The molecule has 2 atom stereocenters. The highest BCUT2D eigenvalue weighted by atomic mass is 32.1. The van der Waals surface area contributed by atoms with E-state index >= 15 is 0 Å². The summed E-state index contributed by atoms with van der Waals surface area (Å²) in [6.07, 6.45) is 9.13. The van der Waals surface area contributed by atoms with Crippen LogP contribution >= 0.6 is 11.5 Å². The first-order valence-corrected chi connectivity index (χ1v) is 14.1.